The first kappa shape index (κ1) is 26.3. The van der Waals surface area contributed by atoms with E-state index >= 15 is 0 Å². The standard InChI is InChI=1S/C23H23ClF4N4O3/c1-14-12-31(13-15-2-5-17(25)6-3-15)8-9-32(14)21(33)7-4-16-10-20(35-23(26,27)28)18(24)11-19(16)30-22(29)34/h2-7,10-11,14H,8-9,12-13H2,1H3,(H3,29,30,34)/b7-4+. The highest BCUT2D eigenvalue weighted by molar-refractivity contribution is 6.32. The average Bonchev–Trinajstić information content (AvgIpc) is 2.75. The van der Waals surface area contributed by atoms with E-state index < -0.39 is 23.2 Å². The van der Waals surface area contributed by atoms with Crippen LogP contribution in [0.1, 0.15) is 18.1 Å². The predicted molar refractivity (Wildman–Crippen MR) is 123 cm³/mol. The second kappa shape index (κ2) is 11.0. The Bertz CT molecular complexity index is 1110. The number of rotatable bonds is 6. The van der Waals surface area contributed by atoms with Crippen LogP contribution in [0.2, 0.25) is 5.02 Å². The van der Waals surface area contributed by atoms with Crippen LogP contribution in [0.4, 0.5) is 28.0 Å². The number of carbonyl (C=O) groups excluding carboxylic acids is 2. The summed E-state index contributed by atoms with van der Waals surface area (Å²) in [6, 6.07) is 7.10. The van der Waals surface area contributed by atoms with Crippen molar-refractivity contribution in [3.63, 3.8) is 0 Å². The van der Waals surface area contributed by atoms with Crippen LogP contribution in [-0.4, -0.2) is 53.8 Å². The van der Waals surface area contributed by atoms with Gasteiger partial charge in [0.25, 0.3) is 0 Å². The number of ether oxygens (including phenoxy) is 1. The first-order valence-electron chi connectivity index (χ1n) is 10.5. The molecule has 35 heavy (non-hydrogen) atoms. The maximum Gasteiger partial charge on any atom is 0.573 e. The number of amides is 3. The normalized spacial score (nSPS) is 17.0. The van der Waals surface area contributed by atoms with Crippen molar-refractivity contribution in [1.82, 2.24) is 9.80 Å². The van der Waals surface area contributed by atoms with Crippen LogP contribution < -0.4 is 15.8 Å². The molecule has 1 aliphatic heterocycles. The average molecular weight is 515 g/mol. The lowest BCUT2D eigenvalue weighted by molar-refractivity contribution is -0.274. The molecule has 12 heteroatoms. The molecule has 2 aromatic carbocycles. The fourth-order valence-electron chi connectivity index (χ4n) is 3.76. The minimum Gasteiger partial charge on any atom is -0.404 e. The van der Waals surface area contributed by atoms with Crippen LogP contribution in [0.15, 0.2) is 42.5 Å². The molecule has 0 aromatic heterocycles. The molecule has 1 unspecified atom stereocenters. The van der Waals surface area contributed by atoms with Crippen molar-refractivity contribution in [1.29, 1.82) is 0 Å². The topological polar surface area (TPSA) is 87.9 Å². The quantitative estimate of drug-likeness (QED) is 0.435. The molecule has 1 saturated heterocycles. The van der Waals surface area contributed by atoms with Crippen molar-refractivity contribution in [2.75, 3.05) is 25.0 Å². The molecule has 7 nitrogen and oxygen atoms in total. The van der Waals surface area contributed by atoms with Crippen LogP contribution in [0.5, 0.6) is 5.75 Å². The number of anilines is 1. The number of hydrogen-bond donors (Lipinski definition) is 2. The maximum atomic E-state index is 13.1. The Morgan fingerprint density at radius 2 is 1.91 bits per heavy atom. The number of hydrogen-bond acceptors (Lipinski definition) is 4. The monoisotopic (exact) mass is 514 g/mol. The molecule has 0 bridgehead atoms. The number of halogens is 5. The maximum absolute atomic E-state index is 13.1. The van der Waals surface area contributed by atoms with Gasteiger partial charge in [0.15, 0.2) is 0 Å². The molecule has 0 radical (unpaired) electrons. The van der Waals surface area contributed by atoms with Gasteiger partial charge in [0.05, 0.1) is 10.7 Å². The van der Waals surface area contributed by atoms with E-state index in [2.05, 4.69) is 15.0 Å². The molecule has 1 fully saturated rings. The minimum absolute atomic E-state index is 0.0123. The van der Waals surface area contributed by atoms with Crippen molar-refractivity contribution >= 4 is 35.3 Å². The van der Waals surface area contributed by atoms with Crippen LogP contribution in [0.25, 0.3) is 6.08 Å². The SMILES string of the molecule is CC1CN(Cc2ccc(F)cc2)CCN1C(=O)/C=C/c1cc(OC(F)(F)F)c(Cl)cc1NC(N)=O. The Morgan fingerprint density at radius 1 is 1.23 bits per heavy atom. The highest BCUT2D eigenvalue weighted by atomic mass is 35.5. The van der Waals surface area contributed by atoms with Gasteiger partial charge in [0, 0.05) is 43.9 Å². The molecule has 1 atom stereocenters. The molecule has 3 rings (SSSR count). The Kier molecular flexibility index (Phi) is 8.23. The lowest BCUT2D eigenvalue weighted by Crippen LogP contribution is -2.53. The summed E-state index contributed by atoms with van der Waals surface area (Å²) in [6.45, 7) is 4.06. The summed E-state index contributed by atoms with van der Waals surface area (Å²) in [4.78, 5) is 27.9. The molecular weight excluding hydrogens is 492 g/mol. The van der Waals surface area contributed by atoms with Crippen molar-refractivity contribution in [2.45, 2.75) is 25.9 Å². The molecule has 1 heterocycles. The van der Waals surface area contributed by atoms with E-state index in [0.717, 1.165) is 17.7 Å². The molecule has 0 saturated carbocycles. The lowest BCUT2D eigenvalue weighted by Gasteiger charge is -2.39. The van der Waals surface area contributed by atoms with Crippen LogP contribution >= 0.6 is 11.6 Å². The van der Waals surface area contributed by atoms with Gasteiger partial charge in [-0.05, 0) is 42.8 Å². The zero-order chi connectivity index (χ0) is 25.8. The lowest BCUT2D eigenvalue weighted by atomic mass is 10.1. The van der Waals surface area contributed by atoms with Crippen molar-refractivity contribution in [2.24, 2.45) is 5.73 Å². The number of carbonyl (C=O) groups is 2. The predicted octanol–water partition coefficient (Wildman–Crippen LogP) is 4.61. The summed E-state index contributed by atoms with van der Waals surface area (Å²) < 4.78 is 55.1. The second-order valence-corrected chi connectivity index (χ2v) is 8.39. The molecule has 188 valence electrons. The fourth-order valence-corrected chi connectivity index (χ4v) is 3.96. The first-order chi connectivity index (χ1) is 16.4. The van der Waals surface area contributed by atoms with Gasteiger partial charge >= 0.3 is 12.4 Å². The Labute approximate surface area is 204 Å². The summed E-state index contributed by atoms with van der Waals surface area (Å²) in [7, 11) is 0. The van der Waals surface area contributed by atoms with Gasteiger partial charge in [-0.2, -0.15) is 0 Å². The van der Waals surface area contributed by atoms with Gasteiger partial charge in [-0.15, -0.1) is 13.2 Å². The van der Waals surface area contributed by atoms with Gasteiger partial charge in [-0.25, -0.2) is 9.18 Å². The number of piperazine rings is 1. The summed E-state index contributed by atoms with van der Waals surface area (Å²) in [5.41, 5.74) is 6.13. The summed E-state index contributed by atoms with van der Waals surface area (Å²) in [6.07, 6.45) is -2.54. The second-order valence-electron chi connectivity index (χ2n) is 7.98. The number of benzene rings is 2. The number of primary amides is 1. The van der Waals surface area contributed by atoms with E-state index in [1.807, 2.05) is 6.92 Å². The largest absolute Gasteiger partial charge is 0.573 e. The summed E-state index contributed by atoms with van der Waals surface area (Å²) in [5.74, 6) is -1.36. The van der Waals surface area contributed by atoms with E-state index in [9.17, 15) is 27.2 Å². The number of nitrogens with zero attached hydrogens (tertiary/aromatic N) is 2. The van der Waals surface area contributed by atoms with E-state index in [0.29, 0.717) is 26.2 Å². The van der Waals surface area contributed by atoms with E-state index in [-0.39, 0.29) is 29.0 Å². The van der Waals surface area contributed by atoms with Gasteiger partial charge in [-0.1, -0.05) is 23.7 Å². The van der Waals surface area contributed by atoms with Crippen molar-refractivity contribution in [3.05, 3.63) is 64.4 Å². The van der Waals surface area contributed by atoms with Crippen LogP contribution in [0.3, 0.4) is 0 Å². The highest BCUT2D eigenvalue weighted by Gasteiger charge is 2.32. The van der Waals surface area contributed by atoms with Crippen LogP contribution in [-0.2, 0) is 11.3 Å². The van der Waals surface area contributed by atoms with E-state index in [1.54, 1.807) is 17.0 Å². The van der Waals surface area contributed by atoms with Crippen LogP contribution in [0, 0.1) is 5.82 Å². The number of nitrogens with two attached hydrogens (primary N) is 1. The minimum atomic E-state index is -4.98. The fraction of sp³-hybridized carbons (Fsp3) is 0.304. The summed E-state index contributed by atoms with van der Waals surface area (Å²) >= 11 is 5.83. The smallest absolute Gasteiger partial charge is 0.404 e. The highest BCUT2D eigenvalue weighted by Crippen LogP contribution is 2.35. The number of urea groups is 1. The number of alkyl halides is 3. The molecule has 2 aromatic rings. The molecular formula is C23H23ClF4N4O3. The molecule has 1 aliphatic rings. The molecule has 3 amide bonds. The van der Waals surface area contributed by atoms with Gasteiger partial charge in [-0.3, -0.25) is 9.69 Å². The van der Waals surface area contributed by atoms with Crippen molar-refractivity contribution in [3.8, 4) is 5.75 Å². The molecule has 0 spiro atoms. The third-order valence-corrected chi connectivity index (χ3v) is 5.60. The first-order valence-corrected chi connectivity index (χ1v) is 10.9. The zero-order valence-corrected chi connectivity index (χ0v) is 19.4. The molecule has 0 aliphatic carbocycles. The van der Waals surface area contributed by atoms with E-state index in [1.165, 1.54) is 24.3 Å². The van der Waals surface area contributed by atoms with Gasteiger partial charge in [0.2, 0.25) is 5.91 Å². The summed E-state index contributed by atoms with van der Waals surface area (Å²) in [5, 5.41) is 1.86. The Balaban J connectivity index is 1.71. The third kappa shape index (κ3) is 7.59. The van der Waals surface area contributed by atoms with Crippen molar-refractivity contribution < 1.29 is 31.9 Å². The zero-order valence-electron chi connectivity index (χ0n) is 18.6. The molecule has 3 N–H and O–H groups in total. The van der Waals surface area contributed by atoms with E-state index in [4.69, 9.17) is 17.3 Å². The van der Waals surface area contributed by atoms with Gasteiger partial charge in [0.1, 0.15) is 11.6 Å². The number of nitrogens with one attached hydrogen (secondary N) is 1. The third-order valence-electron chi connectivity index (χ3n) is 5.31. The Hall–Kier alpha value is -3.31. The van der Waals surface area contributed by atoms with Gasteiger partial charge < -0.3 is 20.7 Å². The Morgan fingerprint density at radius 3 is 2.51 bits per heavy atom.